The van der Waals surface area contributed by atoms with Crippen molar-refractivity contribution < 1.29 is 9.53 Å². The van der Waals surface area contributed by atoms with E-state index in [4.69, 9.17) is 4.74 Å². The Bertz CT molecular complexity index is 477. The van der Waals surface area contributed by atoms with Gasteiger partial charge in [-0.2, -0.15) is 0 Å². The molecule has 2 unspecified atom stereocenters. The SMILES string of the molecule is O=C(C1CSCN1)N1CCOC(c2ccc(Br)cc2)C1. The number of nitrogens with one attached hydrogen (secondary N) is 1. The highest BCUT2D eigenvalue weighted by atomic mass is 79.9. The lowest BCUT2D eigenvalue weighted by Gasteiger charge is -2.34. The number of carbonyl (C=O) groups excluding carboxylic acids is 1. The van der Waals surface area contributed by atoms with E-state index in [2.05, 4.69) is 21.2 Å². The number of hydrogen-bond donors (Lipinski definition) is 1. The molecule has 2 heterocycles. The summed E-state index contributed by atoms with van der Waals surface area (Å²) in [5, 5.41) is 3.24. The first-order valence-corrected chi connectivity index (χ1v) is 8.66. The zero-order valence-electron chi connectivity index (χ0n) is 11.0. The third-order valence-corrected chi connectivity index (χ3v) is 5.10. The van der Waals surface area contributed by atoms with E-state index in [1.807, 2.05) is 29.2 Å². The second kappa shape index (κ2) is 6.47. The quantitative estimate of drug-likeness (QED) is 0.879. The van der Waals surface area contributed by atoms with Crippen LogP contribution in [-0.4, -0.2) is 48.2 Å². The molecule has 0 saturated carbocycles. The number of amides is 1. The Balaban J connectivity index is 1.66. The third kappa shape index (κ3) is 3.19. The molecule has 1 amide bonds. The number of morpholine rings is 1. The van der Waals surface area contributed by atoms with E-state index in [0.29, 0.717) is 19.7 Å². The minimum absolute atomic E-state index is 0.0187. The Morgan fingerprint density at radius 2 is 2.20 bits per heavy atom. The Morgan fingerprint density at radius 3 is 2.90 bits per heavy atom. The average molecular weight is 357 g/mol. The zero-order valence-corrected chi connectivity index (χ0v) is 13.5. The number of thioether (sulfide) groups is 1. The molecule has 108 valence electrons. The number of rotatable bonds is 2. The van der Waals surface area contributed by atoms with Crippen molar-refractivity contribution >= 4 is 33.6 Å². The van der Waals surface area contributed by atoms with Gasteiger partial charge in [-0.15, -0.1) is 11.8 Å². The maximum Gasteiger partial charge on any atom is 0.240 e. The van der Waals surface area contributed by atoms with Gasteiger partial charge in [0, 0.05) is 22.6 Å². The molecule has 2 fully saturated rings. The summed E-state index contributed by atoms with van der Waals surface area (Å²) in [5.74, 6) is 1.95. The van der Waals surface area contributed by atoms with Gasteiger partial charge in [0.1, 0.15) is 6.10 Å². The minimum Gasteiger partial charge on any atom is -0.370 e. The van der Waals surface area contributed by atoms with Gasteiger partial charge >= 0.3 is 0 Å². The molecule has 3 rings (SSSR count). The van der Waals surface area contributed by atoms with E-state index < -0.39 is 0 Å². The summed E-state index contributed by atoms with van der Waals surface area (Å²) < 4.78 is 6.87. The van der Waals surface area contributed by atoms with Gasteiger partial charge in [-0.25, -0.2) is 0 Å². The Morgan fingerprint density at radius 1 is 1.40 bits per heavy atom. The van der Waals surface area contributed by atoms with E-state index in [0.717, 1.165) is 21.7 Å². The highest BCUT2D eigenvalue weighted by molar-refractivity contribution is 9.10. The van der Waals surface area contributed by atoms with Crippen LogP contribution in [0.4, 0.5) is 0 Å². The lowest BCUT2D eigenvalue weighted by atomic mass is 10.1. The minimum atomic E-state index is -0.0244. The van der Waals surface area contributed by atoms with Gasteiger partial charge < -0.3 is 9.64 Å². The van der Waals surface area contributed by atoms with Crippen LogP contribution in [-0.2, 0) is 9.53 Å². The van der Waals surface area contributed by atoms with E-state index in [-0.39, 0.29) is 18.1 Å². The summed E-state index contributed by atoms with van der Waals surface area (Å²) in [6, 6.07) is 8.09. The molecule has 1 N–H and O–H groups in total. The molecule has 0 radical (unpaired) electrons. The molecule has 2 aliphatic rings. The van der Waals surface area contributed by atoms with Crippen molar-refractivity contribution in [1.29, 1.82) is 0 Å². The molecule has 1 aromatic rings. The molecule has 4 nitrogen and oxygen atoms in total. The molecule has 0 bridgehead atoms. The molecule has 0 aliphatic carbocycles. The van der Waals surface area contributed by atoms with E-state index in [1.165, 1.54) is 0 Å². The molecule has 2 atom stereocenters. The van der Waals surface area contributed by atoms with Crippen molar-refractivity contribution in [3.8, 4) is 0 Å². The summed E-state index contributed by atoms with van der Waals surface area (Å²) in [5.41, 5.74) is 1.12. The largest absolute Gasteiger partial charge is 0.370 e. The standard InChI is InChI=1S/C14H17BrN2O2S/c15-11-3-1-10(2-4-11)13-7-17(5-6-19-13)14(18)12-8-20-9-16-12/h1-4,12-13,16H,5-9H2. The third-order valence-electron chi connectivity index (χ3n) is 3.63. The number of halogens is 1. The summed E-state index contributed by atoms with van der Waals surface area (Å²) >= 11 is 5.21. The highest BCUT2D eigenvalue weighted by Crippen LogP contribution is 2.24. The van der Waals surface area contributed by atoms with Gasteiger partial charge in [0.05, 0.1) is 19.2 Å². The lowest BCUT2D eigenvalue weighted by molar-refractivity contribution is -0.140. The van der Waals surface area contributed by atoms with Crippen LogP contribution in [0.15, 0.2) is 28.7 Å². The van der Waals surface area contributed by atoms with Crippen molar-refractivity contribution in [1.82, 2.24) is 10.2 Å². The van der Waals surface area contributed by atoms with Crippen molar-refractivity contribution in [2.24, 2.45) is 0 Å². The van der Waals surface area contributed by atoms with Crippen LogP contribution >= 0.6 is 27.7 Å². The van der Waals surface area contributed by atoms with Gasteiger partial charge in [-0.05, 0) is 17.7 Å². The smallest absolute Gasteiger partial charge is 0.240 e. The van der Waals surface area contributed by atoms with Crippen molar-refractivity contribution in [3.05, 3.63) is 34.3 Å². The first-order chi connectivity index (χ1) is 9.74. The number of ether oxygens (including phenoxy) is 1. The second-order valence-corrected chi connectivity index (χ2v) is 6.91. The van der Waals surface area contributed by atoms with Crippen molar-refractivity contribution in [2.45, 2.75) is 12.1 Å². The summed E-state index contributed by atoms with van der Waals surface area (Å²) in [6.45, 7) is 1.93. The normalized spacial score (nSPS) is 26.8. The zero-order chi connectivity index (χ0) is 13.9. The maximum absolute atomic E-state index is 12.4. The van der Waals surface area contributed by atoms with Crippen LogP contribution in [0.3, 0.4) is 0 Å². The maximum atomic E-state index is 12.4. The van der Waals surface area contributed by atoms with Crippen LogP contribution in [0.1, 0.15) is 11.7 Å². The molecule has 2 saturated heterocycles. The Hall–Kier alpha value is -0.560. The summed E-state index contributed by atoms with van der Waals surface area (Å²) in [6.07, 6.45) is -0.0187. The molecule has 0 spiro atoms. The van der Waals surface area contributed by atoms with Gasteiger partial charge in [0.25, 0.3) is 0 Å². The topological polar surface area (TPSA) is 41.6 Å². The van der Waals surface area contributed by atoms with Crippen molar-refractivity contribution in [2.75, 3.05) is 31.3 Å². The van der Waals surface area contributed by atoms with Crippen LogP contribution in [0.2, 0.25) is 0 Å². The number of hydrogen-bond acceptors (Lipinski definition) is 4. The van der Waals surface area contributed by atoms with Crippen LogP contribution in [0.5, 0.6) is 0 Å². The summed E-state index contributed by atoms with van der Waals surface area (Å²) in [4.78, 5) is 14.3. The summed E-state index contributed by atoms with van der Waals surface area (Å²) in [7, 11) is 0. The molecule has 1 aromatic carbocycles. The molecular formula is C14H17BrN2O2S. The molecule has 0 aromatic heterocycles. The van der Waals surface area contributed by atoms with E-state index in [1.54, 1.807) is 11.8 Å². The van der Waals surface area contributed by atoms with Gasteiger partial charge in [-0.3, -0.25) is 10.1 Å². The van der Waals surface area contributed by atoms with Gasteiger partial charge in [0.2, 0.25) is 5.91 Å². The Labute approximate surface area is 131 Å². The highest BCUT2D eigenvalue weighted by Gasteiger charge is 2.31. The lowest BCUT2D eigenvalue weighted by Crippen LogP contribution is -2.50. The Kier molecular flexibility index (Phi) is 4.65. The first kappa shape index (κ1) is 14.4. The fourth-order valence-corrected chi connectivity index (χ4v) is 3.70. The molecule has 2 aliphatic heterocycles. The molecular weight excluding hydrogens is 340 g/mol. The van der Waals surface area contributed by atoms with E-state index in [9.17, 15) is 4.79 Å². The van der Waals surface area contributed by atoms with Gasteiger partial charge in [-0.1, -0.05) is 28.1 Å². The second-order valence-electron chi connectivity index (χ2n) is 4.97. The first-order valence-electron chi connectivity index (χ1n) is 6.71. The van der Waals surface area contributed by atoms with Gasteiger partial charge in [0.15, 0.2) is 0 Å². The van der Waals surface area contributed by atoms with Crippen LogP contribution < -0.4 is 5.32 Å². The fourth-order valence-electron chi connectivity index (χ4n) is 2.50. The van der Waals surface area contributed by atoms with Crippen LogP contribution in [0, 0.1) is 0 Å². The van der Waals surface area contributed by atoms with Crippen LogP contribution in [0.25, 0.3) is 0 Å². The number of benzene rings is 1. The molecule has 6 heteroatoms. The predicted molar refractivity (Wildman–Crippen MR) is 83.7 cm³/mol. The van der Waals surface area contributed by atoms with E-state index >= 15 is 0 Å². The number of carbonyl (C=O) groups is 1. The van der Waals surface area contributed by atoms with Crippen molar-refractivity contribution in [3.63, 3.8) is 0 Å². The monoisotopic (exact) mass is 356 g/mol. The average Bonchev–Trinajstić information content (AvgIpc) is 3.01. The predicted octanol–water partition coefficient (Wildman–Crippen LogP) is 2.01. The number of nitrogens with zero attached hydrogens (tertiary/aromatic N) is 1. The fraction of sp³-hybridized carbons (Fsp3) is 0.500. The molecule has 20 heavy (non-hydrogen) atoms.